The zero-order valence-corrected chi connectivity index (χ0v) is 13.5. The summed E-state index contributed by atoms with van der Waals surface area (Å²) in [6, 6.07) is 6.21. The van der Waals surface area contributed by atoms with Crippen molar-refractivity contribution in [2.45, 2.75) is 51.3 Å². The first-order valence-electron chi connectivity index (χ1n) is 7.48. The van der Waals surface area contributed by atoms with Crippen LogP contribution in [-0.2, 0) is 9.84 Å². The molecule has 1 heterocycles. The minimum Gasteiger partial charge on any atom is -0.309 e. The molecule has 1 N–H and O–H groups in total. The molecule has 1 aliphatic rings. The highest BCUT2D eigenvalue weighted by Gasteiger charge is 2.35. The van der Waals surface area contributed by atoms with E-state index in [1.54, 1.807) is 0 Å². The van der Waals surface area contributed by atoms with E-state index in [4.69, 9.17) is 0 Å². The molecule has 0 bridgehead atoms. The highest BCUT2D eigenvalue weighted by molar-refractivity contribution is 7.92. The van der Waals surface area contributed by atoms with Crippen LogP contribution in [0.3, 0.4) is 0 Å². The Morgan fingerprint density at radius 3 is 2.60 bits per heavy atom. The highest BCUT2D eigenvalue weighted by Crippen LogP contribution is 2.31. The lowest BCUT2D eigenvalue weighted by Crippen LogP contribution is -2.40. The van der Waals surface area contributed by atoms with Crippen molar-refractivity contribution in [1.82, 2.24) is 5.32 Å². The Bertz CT molecular complexity index is 566. The van der Waals surface area contributed by atoms with E-state index in [0.717, 1.165) is 31.4 Å². The quantitative estimate of drug-likeness (QED) is 0.929. The van der Waals surface area contributed by atoms with Gasteiger partial charge in [0.1, 0.15) is 0 Å². The van der Waals surface area contributed by atoms with Crippen LogP contribution in [0.5, 0.6) is 0 Å². The summed E-state index contributed by atoms with van der Waals surface area (Å²) in [6.07, 6.45) is 2.59. The zero-order valence-electron chi connectivity index (χ0n) is 12.6. The van der Waals surface area contributed by atoms with Gasteiger partial charge in [0.15, 0.2) is 9.84 Å². The zero-order chi connectivity index (χ0) is 14.8. The van der Waals surface area contributed by atoms with E-state index in [1.165, 1.54) is 11.1 Å². The Hall–Kier alpha value is -0.870. The van der Waals surface area contributed by atoms with E-state index in [1.807, 2.05) is 6.92 Å². The van der Waals surface area contributed by atoms with Gasteiger partial charge in [0.25, 0.3) is 0 Å². The largest absolute Gasteiger partial charge is 0.309 e. The monoisotopic (exact) mass is 295 g/mol. The third-order valence-corrected chi connectivity index (χ3v) is 6.60. The first-order chi connectivity index (χ1) is 9.45. The van der Waals surface area contributed by atoms with Gasteiger partial charge in [-0.15, -0.1) is 0 Å². The maximum Gasteiger partial charge on any atom is 0.155 e. The lowest BCUT2D eigenvalue weighted by Gasteiger charge is -2.31. The van der Waals surface area contributed by atoms with Gasteiger partial charge in [-0.05, 0) is 49.9 Å². The molecule has 2 atom stereocenters. The summed E-state index contributed by atoms with van der Waals surface area (Å²) in [4.78, 5) is 0. The Labute approximate surface area is 122 Å². The average molecular weight is 295 g/mol. The van der Waals surface area contributed by atoms with Crippen LogP contribution in [0.4, 0.5) is 0 Å². The van der Waals surface area contributed by atoms with E-state index in [-0.39, 0.29) is 11.3 Å². The number of sulfone groups is 1. The van der Waals surface area contributed by atoms with E-state index < -0.39 is 9.84 Å². The smallest absolute Gasteiger partial charge is 0.155 e. The van der Waals surface area contributed by atoms with Crippen molar-refractivity contribution in [2.24, 2.45) is 0 Å². The van der Waals surface area contributed by atoms with Crippen molar-refractivity contribution in [3.8, 4) is 0 Å². The first kappa shape index (κ1) is 15.5. The molecule has 1 aromatic carbocycles. The minimum absolute atomic E-state index is 0.0791. The summed E-state index contributed by atoms with van der Waals surface area (Å²) in [7, 11) is -2.98. The Morgan fingerprint density at radius 1 is 1.25 bits per heavy atom. The van der Waals surface area contributed by atoms with Gasteiger partial charge < -0.3 is 5.32 Å². The van der Waals surface area contributed by atoms with Crippen molar-refractivity contribution in [2.75, 3.05) is 12.3 Å². The van der Waals surface area contributed by atoms with E-state index in [2.05, 4.69) is 37.4 Å². The average Bonchev–Trinajstić information content (AvgIpc) is 2.40. The van der Waals surface area contributed by atoms with E-state index >= 15 is 0 Å². The number of aryl methyl sites for hydroxylation is 2. The van der Waals surface area contributed by atoms with Crippen molar-refractivity contribution in [1.29, 1.82) is 0 Å². The Morgan fingerprint density at radius 2 is 2.00 bits per heavy atom. The second-order valence-corrected chi connectivity index (χ2v) is 8.12. The summed E-state index contributed by atoms with van der Waals surface area (Å²) >= 11 is 0. The predicted octanol–water partition coefficient (Wildman–Crippen LogP) is 2.92. The van der Waals surface area contributed by atoms with Crippen molar-refractivity contribution in [3.63, 3.8) is 0 Å². The normalized spacial score (nSPS) is 23.4. The molecule has 0 aliphatic carbocycles. The molecule has 0 radical (unpaired) electrons. The fourth-order valence-electron chi connectivity index (χ4n) is 3.00. The molecule has 1 fully saturated rings. The summed E-state index contributed by atoms with van der Waals surface area (Å²) in [5, 5.41) is 3.11. The van der Waals surface area contributed by atoms with Crippen LogP contribution >= 0.6 is 0 Å². The standard InChI is InChI=1S/C16H25NO2S/c1-4-17-16(14-9-8-12(2)13(3)11-14)15-7-5-6-10-20(15,18)19/h8-9,11,15-17H,4-7,10H2,1-3H3. The molecule has 2 unspecified atom stereocenters. The maximum absolute atomic E-state index is 12.4. The van der Waals surface area contributed by atoms with Crippen LogP contribution in [0.15, 0.2) is 18.2 Å². The van der Waals surface area contributed by atoms with Gasteiger partial charge in [0, 0.05) is 6.04 Å². The number of hydrogen-bond donors (Lipinski definition) is 1. The molecule has 0 amide bonds. The lowest BCUT2D eigenvalue weighted by molar-refractivity contribution is 0.454. The second-order valence-electron chi connectivity index (χ2n) is 5.78. The molecule has 0 aromatic heterocycles. The van der Waals surface area contributed by atoms with Crippen molar-refractivity contribution < 1.29 is 8.42 Å². The minimum atomic E-state index is -2.98. The maximum atomic E-state index is 12.4. The Kier molecular flexibility index (Phi) is 4.86. The van der Waals surface area contributed by atoms with Gasteiger partial charge in [-0.1, -0.05) is 31.5 Å². The highest BCUT2D eigenvalue weighted by atomic mass is 32.2. The van der Waals surface area contributed by atoms with Crippen molar-refractivity contribution in [3.05, 3.63) is 34.9 Å². The first-order valence-corrected chi connectivity index (χ1v) is 9.19. The SMILES string of the molecule is CCNC(c1ccc(C)c(C)c1)C1CCCCS1(=O)=O. The molecule has 0 saturated carbocycles. The summed E-state index contributed by atoms with van der Waals surface area (Å²) in [5.41, 5.74) is 3.57. The number of nitrogens with one attached hydrogen (secondary N) is 1. The fraction of sp³-hybridized carbons (Fsp3) is 0.625. The molecular formula is C16H25NO2S. The van der Waals surface area contributed by atoms with Crippen LogP contribution in [-0.4, -0.2) is 26.0 Å². The molecule has 0 spiro atoms. The fourth-order valence-corrected chi connectivity index (χ4v) is 5.10. The van der Waals surface area contributed by atoms with Crippen molar-refractivity contribution >= 4 is 9.84 Å². The molecule has 20 heavy (non-hydrogen) atoms. The van der Waals surface area contributed by atoms with Gasteiger partial charge in [0.2, 0.25) is 0 Å². The Balaban J connectivity index is 2.37. The van der Waals surface area contributed by atoms with Gasteiger partial charge >= 0.3 is 0 Å². The van der Waals surface area contributed by atoms with Crippen LogP contribution in [0.25, 0.3) is 0 Å². The number of hydrogen-bond acceptors (Lipinski definition) is 3. The number of rotatable bonds is 4. The van der Waals surface area contributed by atoms with Gasteiger partial charge in [-0.3, -0.25) is 0 Å². The molecule has 1 aromatic rings. The molecule has 4 heteroatoms. The third kappa shape index (κ3) is 3.23. The van der Waals surface area contributed by atoms with Gasteiger partial charge in [-0.2, -0.15) is 0 Å². The van der Waals surface area contributed by atoms with Crippen LogP contribution < -0.4 is 5.32 Å². The molecule has 1 saturated heterocycles. The topological polar surface area (TPSA) is 46.2 Å². The number of benzene rings is 1. The molecule has 3 nitrogen and oxygen atoms in total. The predicted molar refractivity (Wildman–Crippen MR) is 83.8 cm³/mol. The molecular weight excluding hydrogens is 270 g/mol. The summed E-state index contributed by atoms with van der Waals surface area (Å²) in [6.45, 7) is 6.98. The third-order valence-electron chi connectivity index (χ3n) is 4.31. The van der Waals surface area contributed by atoms with Gasteiger partial charge in [0.05, 0.1) is 11.0 Å². The summed E-state index contributed by atoms with van der Waals surface area (Å²) in [5.74, 6) is 0.338. The van der Waals surface area contributed by atoms with E-state index in [9.17, 15) is 8.42 Å². The van der Waals surface area contributed by atoms with Gasteiger partial charge in [-0.25, -0.2) is 8.42 Å². The lowest BCUT2D eigenvalue weighted by atomic mass is 9.96. The van der Waals surface area contributed by atoms with Crippen LogP contribution in [0, 0.1) is 13.8 Å². The summed E-state index contributed by atoms with van der Waals surface area (Å²) < 4.78 is 24.8. The molecule has 112 valence electrons. The molecule has 2 rings (SSSR count). The molecule has 1 aliphatic heterocycles. The van der Waals surface area contributed by atoms with E-state index in [0.29, 0.717) is 5.75 Å². The second kappa shape index (κ2) is 6.27. The van der Waals surface area contributed by atoms with Crippen LogP contribution in [0.1, 0.15) is 48.9 Å². The van der Waals surface area contributed by atoms with Crippen LogP contribution in [0.2, 0.25) is 0 Å².